The number of hydrogen-bond acceptors (Lipinski definition) is 5. The third-order valence-electron chi connectivity index (χ3n) is 5.83. The number of anilines is 1. The summed E-state index contributed by atoms with van der Waals surface area (Å²) in [5.74, 6) is 2.01. The molecule has 0 aliphatic carbocycles. The number of rotatable bonds is 6. The normalized spacial score (nSPS) is 14.3. The Morgan fingerprint density at radius 2 is 1.81 bits per heavy atom. The fourth-order valence-corrected chi connectivity index (χ4v) is 4.01. The zero-order valence-corrected chi connectivity index (χ0v) is 18.8. The van der Waals surface area contributed by atoms with Crippen molar-refractivity contribution in [2.45, 2.75) is 39.5 Å². The lowest BCUT2D eigenvalue weighted by molar-refractivity contribution is 0.0714. The molecular weight excluding hydrogens is 407 g/mol. The van der Waals surface area contributed by atoms with Gasteiger partial charge in [-0.15, -0.1) is 0 Å². The van der Waals surface area contributed by atoms with Crippen molar-refractivity contribution < 1.29 is 13.6 Å². The molecule has 3 heterocycles. The molecule has 1 aliphatic rings. The lowest BCUT2D eigenvalue weighted by Gasteiger charge is -2.36. The fraction of sp³-hybridized carbons (Fsp3) is 0.400. The quantitative estimate of drug-likeness (QED) is 0.571. The molecule has 0 atom stereocenters. The largest absolute Gasteiger partial charge is 0.459 e. The van der Waals surface area contributed by atoms with Gasteiger partial charge in [0.25, 0.3) is 5.91 Å². The molecule has 1 fully saturated rings. The summed E-state index contributed by atoms with van der Waals surface area (Å²) in [6, 6.07) is 10.0. The zero-order chi connectivity index (χ0) is 22.7. The van der Waals surface area contributed by atoms with E-state index in [4.69, 9.17) is 14.4 Å². The van der Waals surface area contributed by atoms with Crippen LogP contribution in [-0.4, -0.2) is 47.0 Å². The number of halogens is 1. The molecule has 2 aromatic heterocycles. The zero-order valence-electron chi connectivity index (χ0n) is 18.8. The molecule has 1 aliphatic heterocycles. The molecule has 1 saturated heterocycles. The molecule has 4 rings (SSSR count). The SMILES string of the molecule is CCc1nc(C(C)C)nc(N2CCN(C(=O)c3ccco3)CC2)c1Cc1ccc(F)cc1. The van der Waals surface area contributed by atoms with E-state index in [0.717, 1.165) is 34.9 Å². The van der Waals surface area contributed by atoms with Gasteiger partial charge in [-0.05, 0) is 36.2 Å². The Balaban J connectivity index is 1.62. The van der Waals surface area contributed by atoms with Crippen LogP contribution < -0.4 is 4.90 Å². The summed E-state index contributed by atoms with van der Waals surface area (Å²) in [5, 5.41) is 0. The molecule has 1 amide bonds. The summed E-state index contributed by atoms with van der Waals surface area (Å²) in [6.45, 7) is 8.85. The maximum absolute atomic E-state index is 13.4. The van der Waals surface area contributed by atoms with Gasteiger partial charge < -0.3 is 14.2 Å². The van der Waals surface area contributed by atoms with Crippen molar-refractivity contribution >= 4 is 11.7 Å². The van der Waals surface area contributed by atoms with Crippen LogP contribution >= 0.6 is 0 Å². The van der Waals surface area contributed by atoms with Gasteiger partial charge >= 0.3 is 0 Å². The van der Waals surface area contributed by atoms with E-state index >= 15 is 0 Å². The predicted molar refractivity (Wildman–Crippen MR) is 122 cm³/mol. The van der Waals surface area contributed by atoms with Gasteiger partial charge in [-0.1, -0.05) is 32.9 Å². The summed E-state index contributed by atoms with van der Waals surface area (Å²) in [7, 11) is 0. The van der Waals surface area contributed by atoms with Gasteiger partial charge in [-0.2, -0.15) is 0 Å². The number of carbonyl (C=O) groups is 1. The first-order valence-corrected chi connectivity index (χ1v) is 11.2. The third kappa shape index (κ3) is 4.66. The highest BCUT2D eigenvalue weighted by Crippen LogP contribution is 2.28. The van der Waals surface area contributed by atoms with E-state index in [9.17, 15) is 9.18 Å². The number of nitrogens with zero attached hydrogens (tertiary/aromatic N) is 4. The van der Waals surface area contributed by atoms with E-state index in [1.165, 1.54) is 18.4 Å². The number of aryl methyl sites for hydroxylation is 1. The fourth-order valence-electron chi connectivity index (χ4n) is 4.01. The molecule has 0 saturated carbocycles. The summed E-state index contributed by atoms with van der Waals surface area (Å²) < 4.78 is 18.7. The van der Waals surface area contributed by atoms with Crippen LogP contribution in [-0.2, 0) is 12.8 Å². The van der Waals surface area contributed by atoms with Crippen molar-refractivity contribution in [1.82, 2.24) is 14.9 Å². The van der Waals surface area contributed by atoms with Crippen molar-refractivity contribution in [2.75, 3.05) is 31.1 Å². The maximum atomic E-state index is 13.4. The number of benzene rings is 1. The van der Waals surface area contributed by atoms with Crippen LogP contribution in [0.1, 0.15) is 59.9 Å². The Morgan fingerprint density at radius 3 is 2.41 bits per heavy atom. The van der Waals surface area contributed by atoms with Crippen LogP contribution in [0.15, 0.2) is 47.1 Å². The second-order valence-corrected chi connectivity index (χ2v) is 8.40. The standard InChI is InChI=1S/C25H29FN4O2/c1-4-21-20(16-18-7-9-19(26)10-8-18)24(28-23(27-21)17(2)3)29-11-13-30(14-12-29)25(31)22-6-5-15-32-22/h5-10,15,17H,4,11-14,16H2,1-3H3. The van der Waals surface area contributed by atoms with Gasteiger partial charge in [0.1, 0.15) is 17.5 Å². The molecule has 7 heteroatoms. The molecular formula is C25H29FN4O2. The monoisotopic (exact) mass is 436 g/mol. The van der Waals surface area contributed by atoms with Crippen LogP contribution in [0.5, 0.6) is 0 Å². The van der Waals surface area contributed by atoms with E-state index in [0.29, 0.717) is 38.4 Å². The summed E-state index contributed by atoms with van der Waals surface area (Å²) in [4.78, 5) is 26.5. The number of furan rings is 1. The van der Waals surface area contributed by atoms with Crippen molar-refractivity contribution in [3.63, 3.8) is 0 Å². The van der Waals surface area contributed by atoms with E-state index in [-0.39, 0.29) is 17.6 Å². The van der Waals surface area contributed by atoms with E-state index in [2.05, 4.69) is 25.7 Å². The molecule has 6 nitrogen and oxygen atoms in total. The van der Waals surface area contributed by atoms with Gasteiger partial charge in [0.2, 0.25) is 0 Å². The first-order chi connectivity index (χ1) is 15.5. The molecule has 0 N–H and O–H groups in total. The van der Waals surface area contributed by atoms with E-state index in [1.807, 2.05) is 17.0 Å². The van der Waals surface area contributed by atoms with Gasteiger partial charge in [-0.3, -0.25) is 4.79 Å². The Labute approximate surface area is 188 Å². The molecule has 32 heavy (non-hydrogen) atoms. The minimum Gasteiger partial charge on any atom is -0.459 e. The van der Waals surface area contributed by atoms with Crippen LogP contribution in [0, 0.1) is 5.82 Å². The topological polar surface area (TPSA) is 62.5 Å². The number of hydrogen-bond donors (Lipinski definition) is 0. The van der Waals surface area contributed by atoms with E-state index in [1.54, 1.807) is 12.1 Å². The molecule has 0 radical (unpaired) electrons. The lowest BCUT2D eigenvalue weighted by Crippen LogP contribution is -2.49. The lowest BCUT2D eigenvalue weighted by atomic mass is 10.0. The smallest absolute Gasteiger partial charge is 0.289 e. The van der Waals surface area contributed by atoms with Gasteiger partial charge in [-0.25, -0.2) is 14.4 Å². The highest BCUT2D eigenvalue weighted by atomic mass is 19.1. The van der Waals surface area contributed by atoms with Crippen LogP contribution in [0.3, 0.4) is 0 Å². The van der Waals surface area contributed by atoms with Crippen molar-refractivity contribution in [3.8, 4) is 0 Å². The van der Waals surface area contributed by atoms with Crippen molar-refractivity contribution in [2.24, 2.45) is 0 Å². The highest BCUT2D eigenvalue weighted by molar-refractivity contribution is 5.91. The molecule has 0 unspecified atom stereocenters. The van der Waals surface area contributed by atoms with Crippen molar-refractivity contribution in [1.29, 1.82) is 0 Å². The second kappa shape index (κ2) is 9.51. The molecule has 1 aromatic carbocycles. The van der Waals surface area contributed by atoms with E-state index < -0.39 is 0 Å². The van der Waals surface area contributed by atoms with Crippen molar-refractivity contribution in [3.05, 3.63) is 76.9 Å². The van der Waals surface area contributed by atoms with Crippen LogP contribution in [0.4, 0.5) is 10.2 Å². The van der Waals surface area contributed by atoms with Gasteiger partial charge in [0.15, 0.2) is 5.76 Å². The minimum absolute atomic E-state index is 0.0824. The van der Waals surface area contributed by atoms with Gasteiger partial charge in [0, 0.05) is 49.8 Å². The predicted octanol–water partition coefficient (Wildman–Crippen LogP) is 4.45. The Morgan fingerprint density at radius 1 is 1.09 bits per heavy atom. The second-order valence-electron chi connectivity index (χ2n) is 8.40. The molecule has 3 aromatic rings. The van der Waals surface area contributed by atoms with Crippen LogP contribution in [0.25, 0.3) is 0 Å². The summed E-state index contributed by atoms with van der Waals surface area (Å²) >= 11 is 0. The Bertz CT molecular complexity index is 1060. The third-order valence-corrected chi connectivity index (χ3v) is 5.83. The van der Waals surface area contributed by atoms with Crippen LogP contribution in [0.2, 0.25) is 0 Å². The summed E-state index contributed by atoms with van der Waals surface area (Å²) in [6.07, 6.45) is 2.96. The Hall–Kier alpha value is -3.22. The first-order valence-electron chi connectivity index (χ1n) is 11.2. The average molecular weight is 437 g/mol. The summed E-state index contributed by atoms with van der Waals surface area (Å²) in [5.41, 5.74) is 3.13. The number of carbonyl (C=O) groups excluding carboxylic acids is 1. The number of amides is 1. The first kappa shape index (κ1) is 22.0. The minimum atomic E-state index is -0.242. The maximum Gasteiger partial charge on any atom is 0.289 e. The molecule has 0 spiro atoms. The average Bonchev–Trinajstić information content (AvgIpc) is 3.35. The number of piperazine rings is 1. The molecule has 0 bridgehead atoms. The Kier molecular flexibility index (Phi) is 6.53. The number of aromatic nitrogens is 2. The highest BCUT2D eigenvalue weighted by Gasteiger charge is 2.27. The molecule has 168 valence electrons. The van der Waals surface area contributed by atoms with Gasteiger partial charge in [0.05, 0.1) is 6.26 Å².